The van der Waals surface area contributed by atoms with Crippen LogP contribution >= 0.6 is 0 Å². The zero-order valence-electron chi connectivity index (χ0n) is 56.1. The minimum atomic E-state index is -0.770. The number of carbonyl (C=O) groups is 3. The maximum absolute atomic E-state index is 13.0. The van der Waals surface area contributed by atoms with Gasteiger partial charge in [0.05, 0.1) is 0 Å². The molecule has 0 aromatic rings. The molecule has 6 heteroatoms. The van der Waals surface area contributed by atoms with Crippen molar-refractivity contribution in [3.05, 3.63) is 12.2 Å². The van der Waals surface area contributed by atoms with E-state index in [1.165, 1.54) is 334 Å². The van der Waals surface area contributed by atoms with E-state index in [0.29, 0.717) is 19.3 Å². The van der Waals surface area contributed by atoms with Crippen LogP contribution in [0.3, 0.4) is 0 Å². The van der Waals surface area contributed by atoms with Gasteiger partial charge in [-0.1, -0.05) is 386 Å². The number of rotatable bonds is 71. The number of unbranched alkanes of at least 4 members (excludes halogenated alkanes) is 58. The van der Waals surface area contributed by atoms with Crippen molar-refractivity contribution < 1.29 is 28.6 Å². The molecule has 1 atom stereocenters. The third-order valence-corrected chi connectivity index (χ3v) is 17.5. The summed E-state index contributed by atoms with van der Waals surface area (Å²) >= 11 is 0. The van der Waals surface area contributed by atoms with Gasteiger partial charge in [0.2, 0.25) is 0 Å². The lowest BCUT2D eigenvalue weighted by Crippen LogP contribution is -2.30. The second-order valence-electron chi connectivity index (χ2n) is 25.9. The van der Waals surface area contributed by atoms with E-state index in [1.54, 1.807) is 0 Å². The van der Waals surface area contributed by atoms with E-state index >= 15 is 0 Å². The fraction of sp³-hybridized carbons (Fsp3) is 0.934. The second-order valence-corrected chi connectivity index (χ2v) is 25.9. The number of ether oxygens (including phenoxy) is 3. The van der Waals surface area contributed by atoms with E-state index in [1.807, 2.05) is 0 Å². The lowest BCUT2D eigenvalue weighted by Gasteiger charge is -2.18. The average molecular weight is 1160 g/mol. The van der Waals surface area contributed by atoms with Crippen molar-refractivity contribution in [2.45, 2.75) is 444 Å². The van der Waals surface area contributed by atoms with E-state index in [2.05, 4.69) is 32.9 Å². The van der Waals surface area contributed by atoms with Crippen molar-refractivity contribution in [3.8, 4) is 0 Å². The van der Waals surface area contributed by atoms with E-state index < -0.39 is 6.10 Å². The summed E-state index contributed by atoms with van der Waals surface area (Å²) in [5.41, 5.74) is 0. The molecule has 0 rings (SSSR count). The SMILES string of the molecule is CCCCCC/C=C\CCCCCCCC(=O)OCC(COC(=O)CCCCCCCCCCCCCCCCCCCCCCCCCCCCCCCCC)OC(=O)CCCCCCCCCCCCCCCCCCCCCC. The van der Waals surface area contributed by atoms with E-state index in [-0.39, 0.29) is 31.1 Å². The third kappa shape index (κ3) is 68.9. The molecule has 0 amide bonds. The molecular weight excluding hydrogens is 1010 g/mol. The first-order chi connectivity index (χ1) is 40.5. The van der Waals surface area contributed by atoms with E-state index in [9.17, 15) is 14.4 Å². The first-order valence-corrected chi connectivity index (χ1v) is 37.7. The molecule has 6 nitrogen and oxygen atoms in total. The summed E-state index contributed by atoms with van der Waals surface area (Å²) in [6, 6.07) is 0. The number of hydrogen-bond acceptors (Lipinski definition) is 6. The first kappa shape index (κ1) is 80.2. The first-order valence-electron chi connectivity index (χ1n) is 37.7. The number of esters is 3. The summed E-state index contributed by atoms with van der Waals surface area (Å²) in [7, 11) is 0. The van der Waals surface area contributed by atoms with Gasteiger partial charge in [0.25, 0.3) is 0 Å². The van der Waals surface area contributed by atoms with Crippen LogP contribution in [0.1, 0.15) is 438 Å². The summed E-state index contributed by atoms with van der Waals surface area (Å²) in [5.74, 6) is -0.838. The van der Waals surface area contributed by atoms with Gasteiger partial charge in [-0.15, -0.1) is 0 Å². The van der Waals surface area contributed by atoms with Crippen LogP contribution in [0.4, 0.5) is 0 Å². The Bertz CT molecular complexity index is 1280. The monoisotopic (exact) mass is 1160 g/mol. The van der Waals surface area contributed by atoms with Gasteiger partial charge in [-0.05, 0) is 44.9 Å². The zero-order chi connectivity index (χ0) is 59.2. The molecule has 0 aromatic heterocycles. The quantitative estimate of drug-likeness (QED) is 0.0261. The number of allylic oxidation sites excluding steroid dienone is 2. The smallest absolute Gasteiger partial charge is 0.306 e. The molecule has 0 heterocycles. The summed E-state index contributed by atoms with van der Waals surface area (Å²) in [6.07, 6.45) is 87.0. The minimum absolute atomic E-state index is 0.0656. The molecule has 0 aliphatic rings. The van der Waals surface area contributed by atoms with Gasteiger partial charge < -0.3 is 14.2 Å². The molecule has 1 unspecified atom stereocenters. The van der Waals surface area contributed by atoms with Gasteiger partial charge in [-0.2, -0.15) is 0 Å². The molecular formula is C76H146O6. The Labute approximate surface area is 513 Å². The molecule has 0 saturated heterocycles. The van der Waals surface area contributed by atoms with Gasteiger partial charge in [-0.3, -0.25) is 14.4 Å². The highest BCUT2D eigenvalue weighted by Gasteiger charge is 2.20. The molecule has 0 aliphatic heterocycles. The predicted octanol–water partition coefficient (Wildman–Crippen LogP) is 26.0. The zero-order valence-corrected chi connectivity index (χ0v) is 56.1. The molecule has 486 valence electrons. The van der Waals surface area contributed by atoms with Gasteiger partial charge in [0, 0.05) is 19.3 Å². The second kappa shape index (κ2) is 71.6. The van der Waals surface area contributed by atoms with Crippen molar-refractivity contribution in [3.63, 3.8) is 0 Å². The van der Waals surface area contributed by atoms with Gasteiger partial charge >= 0.3 is 17.9 Å². The minimum Gasteiger partial charge on any atom is -0.462 e. The highest BCUT2D eigenvalue weighted by atomic mass is 16.6. The molecule has 0 aromatic carbocycles. The lowest BCUT2D eigenvalue weighted by molar-refractivity contribution is -0.167. The van der Waals surface area contributed by atoms with Crippen molar-refractivity contribution >= 4 is 17.9 Å². The topological polar surface area (TPSA) is 78.9 Å². The van der Waals surface area contributed by atoms with E-state index in [0.717, 1.165) is 64.2 Å². The molecule has 82 heavy (non-hydrogen) atoms. The Hall–Kier alpha value is -1.85. The van der Waals surface area contributed by atoms with Crippen LogP contribution in [-0.2, 0) is 28.6 Å². The Kier molecular flexibility index (Phi) is 70.0. The fourth-order valence-corrected chi connectivity index (χ4v) is 11.9. The number of carbonyl (C=O) groups excluding carboxylic acids is 3. The molecule has 0 bridgehead atoms. The molecule has 0 saturated carbocycles. The largest absolute Gasteiger partial charge is 0.462 e. The Morgan fingerprint density at radius 1 is 0.232 bits per heavy atom. The average Bonchev–Trinajstić information content (AvgIpc) is 3.47. The Morgan fingerprint density at radius 3 is 0.622 bits per heavy atom. The summed E-state index contributed by atoms with van der Waals surface area (Å²) in [4.78, 5) is 38.4. The van der Waals surface area contributed by atoms with Crippen LogP contribution in [0.2, 0.25) is 0 Å². The standard InChI is InChI=1S/C76H146O6/c1-4-7-10-13-16-19-22-25-27-29-31-33-34-35-36-37-38-39-40-41-42-43-45-46-48-51-54-57-60-63-66-69-75(78)81-72-73(71-80-74(77)68-65-62-59-56-53-50-24-21-18-15-12-9-6-3)82-76(79)70-67-64-61-58-55-52-49-47-44-32-30-28-26-23-20-17-14-11-8-5-2/h21,24,73H,4-20,22-23,25-72H2,1-3H3/b24-21-. The van der Waals surface area contributed by atoms with Crippen molar-refractivity contribution in [1.29, 1.82) is 0 Å². The van der Waals surface area contributed by atoms with Gasteiger partial charge in [0.15, 0.2) is 6.10 Å². The maximum Gasteiger partial charge on any atom is 0.306 e. The van der Waals surface area contributed by atoms with Crippen molar-refractivity contribution in [1.82, 2.24) is 0 Å². The third-order valence-electron chi connectivity index (χ3n) is 17.5. The lowest BCUT2D eigenvalue weighted by atomic mass is 10.0. The van der Waals surface area contributed by atoms with Crippen molar-refractivity contribution in [2.24, 2.45) is 0 Å². The van der Waals surface area contributed by atoms with Crippen LogP contribution in [0, 0.1) is 0 Å². The molecule has 0 aliphatic carbocycles. The predicted molar refractivity (Wildman–Crippen MR) is 358 cm³/mol. The van der Waals surface area contributed by atoms with Crippen LogP contribution < -0.4 is 0 Å². The van der Waals surface area contributed by atoms with Crippen LogP contribution in [0.5, 0.6) is 0 Å². The summed E-state index contributed by atoms with van der Waals surface area (Å²) in [5, 5.41) is 0. The summed E-state index contributed by atoms with van der Waals surface area (Å²) in [6.45, 7) is 6.72. The molecule has 0 fully saturated rings. The van der Waals surface area contributed by atoms with Crippen LogP contribution in [0.25, 0.3) is 0 Å². The summed E-state index contributed by atoms with van der Waals surface area (Å²) < 4.78 is 17.0. The highest BCUT2D eigenvalue weighted by molar-refractivity contribution is 5.71. The maximum atomic E-state index is 13.0. The molecule has 0 N–H and O–H groups in total. The highest BCUT2D eigenvalue weighted by Crippen LogP contribution is 2.20. The van der Waals surface area contributed by atoms with Gasteiger partial charge in [0.1, 0.15) is 13.2 Å². The molecule has 0 radical (unpaired) electrons. The normalized spacial score (nSPS) is 12.0. The van der Waals surface area contributed by atoms with E-state index in [4.69, 9.17) is 14.2 Å². The van der Waals surface area contributed by atoms with Crippen molar-refractivity contribution in [2.75, 3.05) is 13.2 Å². The van der Waals surface area contributed by atoms with Gasteiger partial charge in [-0.25, -0.2) is 0 Å². The molecule has 0 spiro atoms. The van der Waals surface area contributed by atoms with Crippen LogP contribution in [0.15, 0.2) is 12.2 Å². The Balaban J connectivity index is 4.12. The fourth-order valence-electron chi connectivity index (χ4n) is 11.9. The number of hydrogen-bond donors (Lipinski definition) is 0. The Morgan fingerprint density at radius 2 is 0.402 bits per heavy atom. The van der Waals surface area contributed by atoms with Crippen LogP contribution in [-0.4, -0.2) is 37.2 Å².